The lowest BCUT2D eigenvalue weighted by molar-refractivity contribution is 0.0745. The highest BCUT2D eigenvalue weighted by Crippen LogP contribution is 2.40. The molecule has 2 fully saturated rings. The summed E-state index contributed by atoms with van der Waals surface area (Å²) in [7, 11) is 1.90. The van der Waals surface area contributed by atoms with Crippen molar-refractivity contribution in [2.24, 2.45) is 0 Å². The fourth-order valence-electron chi connectivity index (χ4n) is 3.52. The molecule has 1 atom stereocenters. The first kappa shape index (κ1) is 18.1. The average Bonchev–Trinajstić information content (AvgIpc) is 3.15. The minimum Gasteiger partial charge on any atom is -0.337 e. The molecule has 1 amide bonds. The van der Waals surface area contributed by atoms with Crippen LogP contribution in [0.25, 0.3) is 11.1 Å². The zero-order chi connectivity index (χ0) is 16.7. The van der Waals surface area contributed by atoms with Crippen molar-refractivity contribution in [3.8, 4) is 0 Å². The quantitative estimate of drug-likeness (QED) is 0.883. The summed E-state index contributed by atoms with van der Waals surface area (Å²) in [4.78, 5) is 19.7. The number of likely N-dealkylation sites (N-methyl/N-ethyl adjacent to an activating group) is 1. The molecule has 2 aromatic rings. The second kappa shape index (κ2) is 7.30. The van der Waals surface area contributed by atoms with Gasteiger partial charge in [0.15, 0.2) is 0 Å². The minimum absolute atomic E-state index is 0. The maximum absolute atomic E-state index is 13.2. The molecule has 2 aromatic heterocycles. The van der Waals surface area contributed by atoms with Crippen LogP contribution in [0.1, 0.15) is 60.3 Å². The Hall–Kier alpha value is -1.66. The number of aromatic nitrogens is 2. The Labute approximate surface area is 153 Å². The van der Waals surface area contributed by atoms with Crippen molar-refractivity contribution in [3.05, 3.63) is 23.0 Å². The van der Waals surface area contributed by atoms with Crippen molar-refractivity contribution >= 4 is 29.4 Å². The molecule has 2 aliphatic rings. The van der Waals surface area contributed by atoms with E-state index in [1.807, 2.05) is 18.0 Å². The molecule has 1 saturated heterocycles. The first-order valence-corrected chi connectivity index (χ1v) is 8.96. The smallest absolute Gasteiger partial charge is 0.259 e. The van der Waals surface area contributed by atoms with Gasteiger partial charge in [0.25, 0.3) is 11.6 Å². The molecule has 6 nitrogen and oxygen atoms in total. The summed E-state index contributed by atoms with van der Waals surface area (Å²) in [5.41, 5.74) is 3.05. The molecule has 1 saturated carbocycles. The van der Waals surface area contributed by atoms with E-state index in [9.17, 15) is 4.79 Å². The molecule has 136 valence electrons. The molecule has 0 aromatic carbocycles. The van der Waals surface area contributed by atoms with Gasteiger partial charge in [0.2, 0.25) is 0 Å². The first-order valence-electron chi connectivity index (χ1n) is 8.96. The molecule has 1 unspecified atom stereocenters. The van der Waals surface area contributed by atoms with E-state index in [-0.39, 0.29) is 24.4 Å². The largest absolute Gasteiger partial charge is 0.337 e. The van der Waals surface area contributed by atoms with Gasteiger partial charge in [-0.25, -0.2) is 4.98 Å². The molecule has 1 aliphatic carbocycles. The molecule has 7 heteroatoms. The SMILES string of the molecule is CCCc1noc2nc(C3CC3)cc(C(=O)N(C)C3CCNC3)c12.Cl. The van der Waals surface area contributed by atoms with Gasteiger partial charge in [0.05, 0.1) is 16.6 Å². The summed E-state index contributed by atoms with van der Waals surface area (Å²) in [6.07, 6.45) is 5.04. The number of aryl methyl sites for hydroxylation is 1. The molecule has 0 spiro atoms. The van der Waals surface area contributed by atoms with Crippen LogP contribution in [-0.2, 0) is 6.42 Å². The van der Waals surface area contributed by atoms with Crippen LogP contribution < -0.4 is 5.32 Å². The van der Waals surface area contributed by atoms with Crippen LogP contribution in [0.5, 0.6) is 0 Å². The predicted molar refractivity (Wildman–Crippen MR) is 98.4 cm³/mol. The molecule has 1 N–H and O–H groups in total. The number of hydrogen-bond donors (Lipinski definition) is 1. The van der Waals surface area contributed by atoms with Gasteiger partial charge in [0.1, 0.15) is 0 Å². The molecule has 0 radical (unpaired) electrons. The van der Waals surface area contributed by atoms with E-state index in [0.29, 0.717) is 17.2 Å². The second-order valence-corrected chi connectivity index (χ2v) is 6.99. The average molecular weight is 365 g/mol. The van der Waals surface area contributed by atoms with Crippen LogP contribution in [0.3, 0.4) is 0 Å². The van der Waals surface area contributed by atoms with Crippen LogP contribution in [0.15, 0.2) is 10.6 Å². The Kier molecular flexibility index (Phi) is 5.29. The van der Waals surface area contributed by atoms with Crippen LogP contribution in [0.4, 0.5) is 0 Å². The summed E-state index contributed by atoms with van der Waals surface area (Å²) in [6, 6.07) is 2.23. The molecule has 0 bridgehead atoms. The predicted octanol–water partition coefficient (Wildman–Crippen LogP) is 2.91. The summed E-state index contributed by atoms with van der Waals surface area (Å²) in [5.74, 6) is 0.526. The third kappa shape index (κ3) is 3.37. The summed E-state index contributed by atoms with van der Waals surface area (Å²) < 4.78 is 5.47. The standard InChI is InChI=1S/C18H24N4O2.ClH/c1-3-4-14-16-13(18(23)22(2)12-7-8-19-10-12)9-15(11-5-6-11)20-17(16)24-21-14;/h9,11-12,19H,3-8,10H2,1-2H3;1H. The number of nitrogens with one attached hydrogen (secondary N) is 1. The van der Waals surface area contributed by atoms with Gasteiger partial charge in [-0.2, -0.15) is 0 Å². The van der Waals surface area contributed by atoms with Gasteiger partial charge in [-0.3, -0.25) is 4.79 Å². The van der Waals surface area contributed by atoms with E-state index >= 15 is 0 Å². The Bertz CT molecular complexity index is 766. The number of halogens is 1. The molecular formula is C18H25ClN4O2. The van der Waals surface area contributed by atoms with Crippen LogP contribution in [-0.4, -0.2) is 47.1 Å². The van der Waals surface area contributed by atoms with Gasteiger partial charge in [-0.15, -0.1) is 12.4 Å². The highest BCUT2D eigenvalue weighted by Gasteiger charge is 2.31. The van der Waals surface area contributed by atoms with E-state index in [1.165, 1.54) is 0 Å². The molecule has 3 heterocycles. The fourth-order valence-corrected chi connectivity index (χ4v) is 3.52. The third-order valence-corrected chi connectivity index (χ3v) is 5.15. The highest BCUT2D eigenvalue weighted by molar-refractivity contribution is 6.06. The second-order valence-electron chi connectivity index (χ2n) is 6.99. The molecule has 1 aliphatic heterocycles. The van der Waals surface area contributed by atoms with Gasteiger partial charge in [-0.05, 0) is 38.3 Å². The van der Waals surface area contributed by atoms with Gasteiger partial charge in [0, 0.05) is 31.2 Å². The Balaban J connectivity index is 0.00000182. The van der Waals surface area contributed by atoms with E-state index in [0.717, 1.165) is 62.0 Å². The number of rotatable bonds is 5. The van der Waals surface area contributed by atoms with Gasteiger partial charge < -0.3 is 14.7 Å². The molecule has 4 rings (SSSR count). The summed E-state index contributed by atoms with van der Waals surface area (Å²) in [5, 5.41) is 8.32. The number of amides is 1. The van der Waals surface area contributed by atoms with Crippen LogP contribution in [0, 0.1) is 0 Å². The Morgan fingerprint density at radius 1 is 1.40 bits per heavy atom. The summed E-state index contributed by atoms with van der Waals surface area (Å²) >= 11 is 0. The number of carbonyl (C=O) groups is 1. The Morgan fingerprint density at radius 3 is 2.84 bits per heavy atom. The van der Waals surface area contributed by atoms with Crippen molar-refractivity contribution < 1.29 is 9.32 Å². The lowest BCUT2D eigenvalue weighted by Crippen LogP contribution is -2.38. The van der Waals surface area contributed by atoms with Gasteiger partial charge >= 0.3 is 0 Å². The molecular weight excluding hydrogens is 340 g/mol. The van der Waals surface area contributed by atoms with Crippen molar-refractivity contribution in [2.75, 3.05) is 20.1 Å². The topological polar surface area (TPSA) is 71.3 Å². The van der Waals surface area contributed by atoms with E-state index in [2.05, 4.69) is 22.4 Å². The van der Waals surface area contributed by atoms with Crippen molar-refractivity contribution in [3.63, 3.8) is 0 Å². The zero-order valence-electron chi connectivity index (χ0n) is 14.7. The highest BCUT2D eigenvalue weighted by atomic mass is 35.5. The van der Waals surface area contributed by atoms with Crippen LogP contribution in [0.2, 0.25) is 0 Å². The van der Waals surface area contributed by atoms with Crippen molar-refractivity contribution in [1.82, 2.24) is 20.4 Å². The fraction of sp³-hybridized carbons (Fsp3) is 0.611. The maximum Gasteiger partial charge on any atom is 0.259 e. The van der Waals surface area contributed by atoms with E-state index in [1.54, 1.807) is 0 Å². The molecule has 25 heavy (non-hydrogen) atoms. The number of nitrogens with zero attached hydrogens (tertiary/aromatic N) is 3. The number of fused-ring (bicyclic) bond motifs is 1. The Morgan fingerprint density at radius 2 is 2.20 bits per heavy atom. The van der Waals surface area contributed by atoms with E-state index < -0.39 is 0 Å². The van der Waals surface area contributed by atoms with Crippen molar-refractivity contribution in [2.45, 2.75) is 51.0 Å². The van der Waals surface area contributed by atoms with E-state index in [4.69, 9.17) is 4.52 Å². The first-order chi connectivity index (χ1) is 11.7. The number of hydrogen-bond acceptors (Lipinski definition) is 5. The van der Waals surface area contributed by atoms with Crippen molar-refractivity contribution in [1.29, 1.82) is 0 Å². The number of pyridine rings is 1. The van der Waals surface area contributed by atoms with Gasteiger partial charge in [-0.1, -0.05) is 18.5 Å². The maximum atomic E-state index is 13.2. The van der Waals surface area contributed by atoms with Crippen LogP contribution >= 0.6 is 12.4 Å². The minimum atomic E-state index is 0. The normalized spacial score (nSPS) is 19.8. The summed E-state index contributed by atoms with van der Waals surface area (Å²) in [6.45, 7) is 3.93. The zero-order valence-corrected chi connectivity index (χ0v) is 15.6. The number of carbonyl (C=O) groups excluding carboxylic acids is 1. The third-order valence-electron chi connectivity index (χ3n) is 5.15. The monoisotopic (exact) mass is 364 g/mol. The lowest BCUT2D eigenvalue weighted by Gasteiger charge is -2.24. The lowest BCUT2D eigenvalue weighted by atomic mass is 10.0.